The van der Waals surface area contributed by atoms with Gasteiger partial charge in [0.1, 0.15) is 18.3 Å². The van der Waals surface area contributed by atoms with E-state index in [1.807, 2.05) is 18.2 Å². The van der Waals surface area contributed by atoms with Crippen molar-refractivity contribution in [3.05, 3.63) is 59.7 Å². The van der Waals surface area contributed by atoms with Gasteiger partial charge in [0.25, 0.3) is 0 Å². The molecule has 2 aromatic carbocycles. The van der Waals surface area contributed by atoms with Crippen LogP contribution in [0.15, 0.2) is 48.6 Å². The van der Waals surface area contributed by atoms with Crippen molar-refractivity contribution in [3.8, 4) is 0 Å². The van der Waals surface area contributed by atoms with E-state index in [0.29, 0.717) is 12.8 Å². The molecule has 2 saturated carbocycles. The molecule has 0 spiro atoms. The van der Waals surface area contributed by atoms with Crippen LogP contribution in [-0.4, -0.2) is 30.1 Å². The molecule has 31 heavy (non-hydrogen) atoms. The molecule has 6 nitrogen and oxygen atoms in total. The molecule has 6 rings (SSSR count). The van der Waals surface area contributed by atoms with Crippen molar-refractivity contribution < 1.29 is 28.6 Å². The van der Waals surface area contributed by atoms with E-state index in [2.05, 4.69) is 24.8 Å². The van der Waals surface area contributed by atoms with Crippen LogP contribution in [0.3, 0.4) is 0 Å². The van der Waals surface area contributed by atoms with Gasteiger partial charge in [0.15, 0.2) is 0 Å². The van der Waals surface area contributed by atoms with Gasteiger partial charge in [-0.3, -0.25) is 9.59 Å². The lowest BCUT2D eigenvalue weighted by Gasteiger charge is -2.31. The van der Waals surface area contributed by atoms with Gasteiger partial charge in [-0.25, -0.2) is 4.79 Å². The Labute approximate surface area is 179 Å². The third-order valence-corrected chi connectivity index (χ3v) is 7.44. The summed E-state index contributed by atoms with van der Waals surface area (Å²) in [5, 5.41) is 2.27. The summed E-state index contributed by atoms with van der Waals surface area (Å²) in [7, 11) is 0. The molecule has 158 valence electrons. The third-order valence-electron chi connectivity index (χ3n) is 7.44. The van der Waals surface area contributed by atoms with Crippen LogP contribution in [0.1, 0.15) is 30.6 Å². The first-order valence-corrected chi connectivity index (χ1v) is 10.7. The second kappa shape index (κ2) is 6.42. The van der Waals surface area contributed by atoms with Crippen LogP contribution in [0.2, 0.25) is 0 Å². The Morgan fingerprint density at radius 2 is 1.87 bits per heavy atom. The highest BCUT2D eigenvalue weighted by molar-refractivity contribution is 5.92. The van der Waals surface area contributed by atoms with Crippen molar-refractivity contribution in [2.24, 2.45) is 23.7 Å². The quantitative estimate of drug-likeness (QED) is 0.431. The van der Waals surface area contributed by atoms with Gasteiger partial charge in [-0.1, -0.05) is 43.0 Å². The van der Waals surface area contributed by atoms with Gasteiger partial charge in [-0.05, 0) is 29.7 Å². The Kier molecular flexibility index (Phi) is 3.86. The molecule has 7 atom stereocenters. The summed E-state index contributed by atoms with van der Waals surface area (Å²) in [4.78, 5) is 38.1. The second-order valence-corrected chi connectivity index (χ2v) is 9.16. The largest absolute Gasteiger partial charge is 0.458 e. The fourth-order valence-electron chi connectivity index (χ4n) is 6.21. The first-order chi connectivity index (χ1) is 14.9. The summed E-state index contributed by atoms with van der Waals surface area (Å²) < 4.78 is 17.2. The number of hydrogen-bond donors (Lipinski definition) is 0. The maximum Gasteiger partial charge on any atom is 0.333 e. The zero-order chi connectivity index (χ0) is 21.4. The minimum absolute atomic E-state index is 0.109. The highest BCUT2D eigenvalue weighted by Gasteiger charge is 2.70. The molecule has 4 aliphatic rings. The lowest BCUT2D eigenvalue weighted by molar-refractivity contribution is -0.166. The molecular weight excluding hydrogens is 396 g/mol. The summed E-state index contributed by atoms with van der Waals surface area (Å²) in [5.41, 5.74) is 2.44. The molecular formula is C25H22O6. The minimum atomic E-state index is -0.651. The smallest absolute Gasteiger partial charge is 0.333 e. The Bertz CT molecular complexity index is 1160. The molecule has 0 N–H and O–H groups in total. The van der Waals surface area contributed by atoms with Crippen LogP contribution in [0.4, 0.5) is 0 Å². The Hall–Kier alpha value is -3.15. The van der Waals surface area contributed by atoms with Crippen molar-refractivity contribution >= 4 is 28.7 Å². The summed E-state index contributed by atoms with van der Waals surface area (Å²) in [6, 6.07) is 12.1. The zero-order valence-electron chi connectivity index (χ0n) is 17.1. The van der Waals surface area contributed by atoms with E-state index >= 15 is 0 Å². The van der Waals surface area contributed by atoms with E-state index in [1.165, 1.54) is 0 Å². The summed E-state index contributed by atoms with van der Waals surface area (Å²) in [6.45, 7) is 5.19. The van der Waals surface area contributed by atoms with E-state index in [-0.39, 0.29) is 29.5 Å². The average molecular weight is 418 g/mol. The summed E-state index contributed by atoms with van der Waals surface area (Å²) in [6.07, 6.45) is -0.236. The van der Waals surface area contributed by atoms with Crippen LogP contribution >= 0.6 is 0 Å². The second-order valence-electron chi connectivity index (χ2n) is 9.16. The van der Waals surface area contributed by atoms with Crippen LogP contribution in [0, 0.1) is 23.7 Å². The molecule has 6 heteroatoms. The Morgan fingerprint density at radius 3 is 2.65 bits per heavy atom. The Balaban J connectivity index is 1.27. The molecule has 7 unspecified atom stereocenters. The molecule has 3 aliphatic carbocycles. The van der Waals surface area contributed by atoms with Crippen molar-refractivity contribution in [2.75, 3.05) is 0 Å². The number of carbonyl (C=O) groups excluding carboxylic acids is 3. The topological polar surface area (TPSA) is 78.9 Å². The standard InChI is InChI=1S/C25H22O6/c1-11(2)23(26)30-21-15-10-16-20(25(28)31-22(16)21)19(15)24(27)29-17-9-13-7-3-5-12-6-4-8-14(17)18(12)13/h3-8,15-17,19-22H,1,9-10H2,2H3. The van der Waals surface area contributed by atoms with Crippen molar-refractivity contribution in [2.45, 2.75) is 38.1 Å². The number of rotatable bonds is 4. The maximum atomic E-state index is 13.4. The molecule has 1 saturated heterocycles. The Morgan fingerprint density at radius 1 is 1.10 bits per heavy atom. The molecule has 1 aliphatic heterocycles. The monoisotopic (exact) mass is 418 g/mol. The molecule has 1 heterocycles. The number of fused-ring (bicyclic) bond motifs is 1. The van der Waals surface area contributed by atoms with E-state index in [4.69, 9.17) is 14.2 Å². The van der Waals surface area contributed by atoms with E-state index < -0.39 is 36.0 Å². The number of benzene rings is 2. The summed E-state index contributed by atoms with van der Waals surface area (Å²) >= 11 is 0. The third kappa shape index (κ3) is 2.54. The lowest BCUT2D eigenvalue weighted by atomic mass is 9.78. The molecule has 0 aromatic heterocycles. The van der Waals surface area contributed by atoms with Gasteiger partial charge in [-0.15, -0.1) is 0 Å². The first kappa shape index (κ1) is 18.6. The normalized spacial score (nSPS) is 34.1. The van der Waals surface area contributed by atoms with Gasteiger partial charge >= 0.3 is 17.9 Å². The zero-order valence-corrected chi connectivity index (χ0v) is 17.1. The van der Waals surface area contributed by atoms with Crippen molar-refractivity contribution in [1.82, 2.24) is 0 Å². The van der Waals surface area contributed by atoms with Crippen LogP contribution < -0.4 is 0 Å². The van der Waals surface area contributed by atoms with Gasteiger partial charge in [-0.2, -0.15) is 0 Å². The molecule has 2 aromatic rings. The van der Waals surface area contributed by atoms with Crippen molar-refractivity contribution in [1.29, 1.82) is 0 Å². The summed E-state index contributed by atoms with van der Waals surface area (Å²) in [5.74, 6) is -2.86. The highest BCUT2D eigenvalue weighted by Crippen LogP contribution is 2.59. The SMILES string of the molecule is C=C(C)C(=O)OC1C2CC3C1OC(=O)C3C2C(=O)OC1Cc2cccc3cccc1c23. The minimum Gasteiger partial charge on any atom is -0.458 e. The van der Waals surface area contributed by atoms with E-state index in [9.17, 15) is 14.4 Å². The highest BCUT2D eigenvalue weighted by atomic mass is 16.6. The maximum absolute atomic E-state index is 13.4. The van der Waals surface area contributed by atoms with Gasteiger partial charge in [0.2, 0.25) is 0 Å². The van der Waals surface area contributed by atoms with Gasteiger partial charge < -0.3 is 14.2 Å². The number of esters is 3. The molecule has 0 amide bonds. The predicted molar refractivity (Wildman–Crippen MR) is 110 cm³/mol. The van der Waals surface area contributed by atoms with Crippen molar-refractivity contribution in [3.63, 3.8) is 0 Å². The molecule has 2 bridgehead atoms. The number of hydrogen-bond acceptors (Lipinski definition) is 6. The van der Waals surface area contributed by atoms with E-state index in [1.54, 1.807) is 6.92 Å². The number of carbonyl (C=O) groups is 3. The molecule has 3 fully saturated rings. The fourth-order valence-corrected chi connectivity index (χ4v) is 6.21. The van der Waals surface area contributed by atoms with Crippen LogP contribution in [0.5, 0.6) is 0 Å². The average Bonchev–Trinajstić information content (AvgIpc) is 3.45. The fraction of sp³-hybridized carbons (Fsp3) is 0.400. The van der Waals surface area contributed by atoms with E-state index in [0.717, 1.165) is 21.9 Å². The number of ether oxygens (including phenoxy) is 3. The van der Waals surface area contributed by atoms with Crippen LogP contribution in [-0.2, 0) is 35.0 Å². The van der Waals surface area contributed by atoms with Gasteiger partial charge in [0.05, 0.1) is 11.8 Å². The van der Waals surface area contributed by atoms with Gasteiger partial charge in [0, 0.05) is 29.4 Å². The van der Waals surface area contributed by atoms with Crippen LogP contribution in [0.25, 0.3) is 10.8 Å². The predicted octanol–water partition coefficient (Wildman–Crippen LogP) is 3.28. The molecule has 0 radical (unpaired) electrons. The first-order valence-electron chi connectivity index (χ1n) is 10.7. The lowest BCUT2D eigenvalue weighted by Crippen LogP contribution is -2.44.